The average Bonchev–Trinajstić information content (AvgIpc) is 3.31. The highest BCUT2D eigenvalue weighted by Crippen LogP contribution is 2.31. The number of rotatable bonds is 4. The van der Waals surface area contributed by atoms with Crippen LogP contribution in [0.1, 0.15) is 25.3 Å². The summed E-state index contributed by atoms with van der Waals surface area (Å²) in [6.07, 6.45) is 1.26. The monoisotopic (exact) mass is 483 g/mol. The van der Waals surface area contributed by atoms with Gasteiger partial charge in [-0.05, 0) is 56.5 Å². The molecule has 160 valence electrons. The fourth-order valence-electron chi connectivity index (χ4n) is 3.68. The van der Waals surface area contributed by atoms with Gasteiger partial charge in [0.1, 0.15) is 4.21 Å². The minimum atomic E-state index is -3.65. The van der Waals surface area contributed by atoms with Crippen molar-refractivity contribution >= 4 is 60.4 Å². The summed E-state index contributed by atoms with van der Waals surface area (Å²) in [6.45, 7) is 5.32. The van der Waals surface area contributed by atoms with Crippen molar-refractivity contribution in [3.8, 4) is 0 Å². The van der Waals surface area contributed by atoms with Crippen molar-refractivity contribution in [1.82, 2.24) is 8.87 Å². The first-order valence-corrected chi connectivity index (χ1v) is 13.2. The normalized spacial score (nSPS) is 18.9. The van der Waals surface area contributed by atoms with Gasteiger partial charge < -0.3 is 4.57 Å². The lowest BCUT2D eigenvalue weighted by Crippen LogP contribution is -2.42. The third kappa shape index (κ3) is 4.13. The summed E-state index contributed by atoms with van der Waals surface area (Å²) in [7, 11) is -3.65. The number of carbonyl (C=O) groups is 1. The summed E-state index contributed by atoms with van der Waals surface area (Å²) in [5.74, 6) is -0.703. The van der Waals surface area contributed by atoms with Crippen LogP contribution >= 0.6 is 34.3 Å². The van der Waals surface area contributed by atoms with E-state index in [9.17, 15) is 13.2 Å². The molecule has 1 unspecified atom stereocenters. The Morgan fingerprint density at radius 1 is 1.27 bits per heavy atom. The number of nitrogens with zero attached hydrogens (tertiary/aromatic N) is 3. The topological polar surface area (TPSA) is 71.7 Å². The van der Waals surface area contributed by atoms with Crippen molar-refractivity contribution in [2.45, 2.75) is 37.4 Å². The second-order valence-electron chi connectivity index (χ2n) is 7.31. The fraction of sp³-hybridized carbons (Fsp3) is 0.400. The van der Waals surface area contributed by atoms with Crippen molar-refractivity contribution in [2.24, 2.45) is 10.9 Å². The zero-order valence-electron chi connectivity index (χ0n) is 16.7. The van der Waals surface area contributed by atoms with E-state index in [2.05, 4.69) is 17.1 Å². The van der Waals surface area contributed by atoms with Gasteiger partial charge in [-0.1, -0.05) is 29.0 Å². The highest BCUT2D eigenvalue weighted by atomic mass is 35.5. The molecule has 1 aliphatic heterocycles. The van der Waals surface area contributed by atoms with Crippen LogP contribution in [0.25, 0.3) is 10.2 Å². The quantitative estimate of drug-likeness (QED) is 0.556. The molecule has 0 spiro atoms. The van der Waals surface area contributed by atoms with Crippen molar-refractivity contribution in [3.05, 3.63) is 45.0 Å². The molecule has 3 heterocycles. The van der Waals surface area contributed by atoms with Crippen molar-refractivity contribution in [3.63, 3.8) is 0 Å². The second-order valence-corrected chi connectivity index (χ2v) is 12.2. The van der Waals surface area contributed by atoms with Crippen molar-refractivity contribution in [1.29, 1.82) is 0 Å². The first-order chi connectivity index (χ1) is 14.3. The van der Waals surface area contributed by atoms with Crippen LogP contribution in [0.3, 0.4) is 0 Å². The van der Waals surface area contributed by atoms with E-state index in [0.29, 0.717) is 35.1 Å². The lowest BCUT2D eigenvalue weighted by atomic mass is 9.99. The summed E-state index contributed by atoms with van der Waals surface area (Å²) in [5.41, 5.74) is 2.22. The van der Waals surface area contributed by atoms with E-state index in [-0.39, 0.29) is 16.7 Å². The van der Waals surface area contributed by atoms with E-state index in [1.54, 1.807) is 6.07 Å². The van der Waals surface area contributed by atoms with Crippen molar-refractivity contribution < 1.29 is 13.2 Å². The zero-order valence-corrected chi connectivity index (χ0v) is 19.9. The van der Waals surface area contributed by atoms with E-state index in [0.717, 1.165) is 27.1 Å². The van der Waals surface area contributed by atoms with Gasteiger partial charge in [-0.3, -0.25) is 4.79 Å². The zero-order chi connectivity index (χ0) is 21.5. The Hall–Kier alpha value is -1.52. The molecule has 1 aliphatic rings. The molecule has 1 aromatic carbocycles. The lowest BCUT2D eigenvalue weighted by molar-refractivity contribution is -0.122. The van der Waals surface area contributed by atoms with Crippen LogP contribution in [0.4, 0.5) is 0 Å². The van der Waals surface area contributed by atoms with E-state index in [4.69, 9.17) is 11.6 Å². The smallest absolute Gasteiger partial charge is 0.252 e. The Bertz CT molecular complexity index is 1270. The molecule has 2 aromatic heterocycles. The Morgan fingerprint density at radius 3 is 2.77 bits per heavy atom. The molecule has 1 fully saturated rings. The number of amides is 1. The molecular weight excluding hydrogens is 462 g/mol. The van der Waals surface area contributed by atoms with E-state index in [1.807, 2.05) is 24.5 Å². The summed E-state index contributed by atoms with van der Waals surface area (Å²) >= 11 is 8.44. The first-order valence-electron chi connectivity index (χ1n) is 9.73. The summed E-state index contributed by atoms with van der Waals surface area (Å²) < 4.78 is 31.0. The Kier molecular flexibility index (Phi) is 6.18. The molecule has 0 radical (unpaired) electrons. The van der Waals surface area contributed by atoms with Gasteiger partial charge in [0.2, 0.25) is 0 Å². The van der Waals surface area contributed by atoms with Crippen LogP contribution in [0.15, 0.2) is 39.5 Å². The van der Waals surface area contributed by atoms with Gasteiger partial charge in [0.05, 0.1) is 20.5 Å². The number of fused-ring (bicyclic) bond motifs is 1. The third-order valence-corrected chi connectivity index (χ3v) is 9.84. The fourth-order valence-corrected chi connectivity index (χ4v) is 8.04. The predicted molar refractivity (Wildman–Crippen MR) is 122 cm³/mol. The Labute approximate surface area is 188 Å². The number of hydrogen-bond donors (Lipinski definition) is 0. The number of thiazole rings is 1. The number of thiophene rings is 1. The average molecular weight is 484 g/mol. The minimum Gasteiger partial charge on any atom is -0.317 e. The second kappa shape index (κ2) is 8.55. The number of halogens is 1. The first kappa shape index (κ1) is 21.7. The number of hydrogen-bond acceptors (Lipinski definition) is 5. The van der Waals surface area contributed by atoms with Gasteiger partial charge in [-0.2, -0.15) is 9.30 Å². The highest BCUT2D eigenvalue weighted by molar-refractivity contribution is 7.91. The number of carbonyl (C=O) groups excluding carboxylic acids is 1. The molecule has 1 atom stereocenters. The summed E-state index contributed by atoms with van der Waals surface area (Å²) in [6, 6.07) is 9.29. The largest absolute Gasteiger partial charge is 0.317 e. The van der Waals surface area contributed by atoms with Crippen LogP contribution < -0.4 is 4.80 Å². The Balaban J connectivity index is 1.62. The molecule has 0 aliphatic carbocycles. The molecule has 3 aromatic rings. The molecule has 6 nitrogen and oxygen atoms in total. The van der Waals surface area contributed by atoms with Gasteiger partial charge in [0.15, 0.2) is 4.80 Å². The van der Waals surface area contributed by atoms with E-state index in [1.165, 1.54) is 21.7 Å². The predicted octanol–water partition coefficient (Wildman–Crippen LogP) is 4.27. The maximum absolute atomic E-state index is 13.0. The van der Waals surface area contributed by atoms with Gasteiger partial charge in [0, 0.05) is 19.6 Å². The van der Waals surface area contributed by atoms with Crippen LogP contribution in [0.2, 0.25) is 4.34 Å². The molecule has 1 amide bonds. The molecule has 0 bridgehead atoms. The summed E-state index contributed by atoms with van der Waals surface area (Å²) in [4.78, 5) is 18.1. The van der Waals surface area contributed by atoms with E-state index < -0.39 is 15.9 Å². The highest BCUT2D eigenvalue weighted by Gasteiger charge is 2.34. The lowest BCUT2D eigenvalue weighted by Gasteiger charge is -2.29. The van der Waals surface area contributed by atoms with Gasteiger partial charge >= 0.3 is 0 Å². The molecule has 0 N–H and O–H groups in total. The maximum Gasteiger partial charge on any atom is 0.252 e. The number of aryl methyl sites for hydroxylation is 2. The third-order valence-electron chi connectivity index (χ3n) is 5.24. The minimum absolute atomic E-state index is 0.149. The standard InChI is InChI=1S/C20H22ClN3O3S3/c1-3-24-15-7-6-13(2)11-16(15)28-20(24)22-19(25)14-5-4-10-23(12-14)30(26,27)18-9-8-17(21)29-18/h6-9,11,14H,3-5,10,12H2,1-2H3. The van der Waals surface area contributed by atoms with Gasteiger partial charge in [0.25, 0.3) is 15.9 Å². The molecule has 1 saturated heterocycles. The van der Waals surface area contributed by atoms with Gasteiger partial charge in [-0.15, -0.1) is 11.3 Å². The van der Waals surface area contributed by atoms with Crippen LogP contribution in [0.5, 0.6) is 0 Å². The molecule has 30 heavy (non-hydrogen) atoms. The van der Waals surface area contributed by atoms with Crippen molar-refractivity contribution in [2.75, 3.05) is 13.1 Å². The maximum atomic E-state index is 13.0. The van der Waals surface area contributed by atoms with Gasteiger partial charge in [-0.25, -0.2) is 8.42 Å². The number of benzene rings is 1. The van der Waals surface area contributed by atoms with Crippen LogP contribution in [0, 0.1) is 12.8 Å². The molecule has 0 saturated carbocycles. The SMILES string of the molecule is CCn1c(=NC(=O)C2CCCN(S(=O)(=O)c3ccc(Cl)s3)C2)sc2cc(C)ccc21. The number of aromatic nitrogens is 1. The molecular formula is C20H22ClN3O3S3. The summed E-state index contributed by atoms with van der Waals surface area (Å²) in [5, 5.41) is 0. The van der Waals surface area contributed by atoms with E-state index >= 15 is 0 Å². The molecule has 4 rings (SSSR count). The molecule has 10 heteroatoms. The number of piperidine rings is 1. The number of sulfonamides is 1. The van der Waals surface area contributed by atoms with Crippen LogP contribution in [-0.2, 0) is 21.4 Å². The van der Waals surface area contributed by atoms with Crippen LogP contribution in [-0.4, -0.2) is 36.3 Å². The Morgan fingerprint density at radius 2 is 2.07 bits per heavy atom.